The highest BCUT2D eigenvalue weighted by Crippen LogP contribution is 2.60. The molecule has 2 N–H and O–H groups in total. The van der Waals surface area contributed by atoms with Crippen molar-refractivity contribution in [1.29, 1.82) is 0 Å². The third kappa shape index (κ3) is 7.50. The number of aromatic hydroxyl groups is 2. The summed E-state index contributed by atoms with van der Waals surface area (Å²) in [6, 6.07) is 27.6. The van der Waals surface area contributed by atoms with Gasteiger partial charge in [-0.15, -0.1) is 0 Å². The second-order valence-electron chi connectivity index (χ2n) is 14.8. The van der Waals surface area contributed by atoms with Gasteiger partial charge in [-0.05, 0) is 108 Å². The largest absolute Gasteiger partial charge is 0.504 e. The van der Waals surface area contributed by atoms with Gasteiger partial charge in [0.2, 0.25) is 0 Å². The van der Waals surface area contributed by atoms with E-state index >= 15 is 0 Å². The number of carbonyl (C=O) groups is 2. The molecule has 0 radical (unpaired) electrons. The van der Waals surface area contributed by atoms with Gasteiger partial charge in [0.25, 0.3) is 0 Å². The standard InChI is InChI=1S/C45H48O8/c1-28(46)52-41-25-34(53-44(49)17-14-29-10-6-4-7-11-29)24-36-35-26-43(51-3)39(47)21-31(35)15-16-37(36)45(19-18-30-12-8-5-9-13-30)27-33-22-40(48)42(50-2)23-32(33)20-38(41)45/h4-13,18-19,21-23,26,34,36-38,41,47-48H,14-17,20,24-25,27H2,1-3H3/t34-,36+,37-,38+,41-,45-/m0/s1. The fraction of sp³-hybridized carbons (Fsp3) is 0.378. The molecule has 53 heavy (non-hydrogen) atoms. The van der Waals surface area contributed by atoms with Gasteiger partial charge in [-0.25, -0.2) is 0 Å². The number of aryl methyl sites for hydroxylation is 2. The zero-order valence-corrected chi connectivity index (χ0v) is 30.6. The van der Waals surface area contributed by atoms with Gasteiger partial charge in [-0.1, -0.05) is 72.8 Å². The van der Waals surface area contributed by atoms with Crippen LogP contribution < -0.4 is 9.47 Å². The predicted octanol–water partition coefficient (Wildman–Crippen LogP) is 8.15. The number of phenolic OH excluding ortho intramolecular Hbond substituents is 2. The molecule has 0 heterocycles. The topological polar surface area (TPSA) is 112 Å². The summed E-state index contributed by atoms with van der Waals surface area (Å²) in [5.41, 5.74) is 5.75. The molecule has 3 aliphatic carbocycles. The maximum Gasteiger partial charge on any atom is 0.306 e. The average Bonchev–Trinajstić information content (AvgIpc) is 3.15. The molecular weight excluding hydrogens is 668 g/mol. The van der Waals surface area contributed by atoms with Crippen molar-refractivity contribution in [3.63, 3.8) is 0 Å². The summed E-state index contributed by atoms with van der Waals surface area (Å²) >= 11 is 0. The zero-order valence-electron chi connectivity index (χ0n) is 30.6. The molecule has 0 saturated heterocycles. The number of esters is 2. The van der Waals surface area contributed by atoms with Crippen LogP contribution in [-0.4, -0.2) is 48.6 Å². The Morgan fingerprint density at radius 1 is 0.811 bits per heavy atom. The maximum atomic E-state index is 13.6. The van der Waals surface area contributed by atoms with Crippen molar-refractivity contribution in [1.82, 2.24) is 0 Å². The molecule has 0 aliphatic heterocycles. The van der Waals surface area contributed by atoms with E-state index in [1.54, 1.807) is 14.2 Å². The van der Waals surface area contributed by atoms with Gasteiger partial charge in [-0.2, -0.15) is 0 Å². The highest BCUT2D eigenvalue weighted by molar-refractivity contribution is 5.70. The third-order valence-corrected chi connectivity index (χ3v) is 11.8. The first-order valence-electron chi connectivity index (χ1n) is 18.6. The molecule has 1 fully saturated rings. The SMILES string of the molecule is COc1cc2c(cc1O)C[C@]1(C=Cc3ccccc3)[C@H](C2)[C@@H](OC(C)=O)C[C@@H](OC(=O)CCc2ccccc2)C[C@@H]2c3cc(OC)c(O)cc3CC[C@@H]21. The predicted molar refractivity (Wildman–Crippen MR) is 202 cm³/mol. The Hall–Kier alpha value is -5.24. The number of methoxy groups -OCH3 is 2. The molecule has 0 amide bonds. The van der Waals surface area contributed by atoms with Gasteiger partial charge in [0, 0.05) is 31.1 Å². The fourth-order valence-corrected chi connectivity index (χ4v) is 9.46. The monoisotopic (exact) mass is 716 g/mol. The maximum absolute atomic E-state index is 13.6. The summed E-state index contributed by atoms with van der Waals surface area (Å²) in [5.74, 6) is 0.0261. The Morgan fingerprint density at radius 3 is 2.19 bits per heavy atom. The van der Waals surface area contributed by atoms with Crippen molar-refractivity contribution in [3.05, 3.63) is 124 Å². The average molecular weight is 717 g/mol. The van der Waals surface area contributed by atoms with Crippen molar-refractivity contribution in [3.8, 4) is 23.0 Å². The van der Waals surface area contributed by atoms with Crippen LogP contribution >= 0.6 is 0 Å². The fourth-order valence-electron chi connectivity index (χ4n) is 9.46. The minimum absolute atomic E-state index is 0.00971. The number of carbonyl (C=O) groups excluding carboxylic acids is 2. The first-order chi connectivity index (χ1) is 25.7. The molecule has 0 aromatic heterocycles. The van der Waals surface area contributed by atoms with E-state index in [9.17, 15) is 19.8 Å². The Kier molecular flexibility index (Phi) is 10.5. The summed E-state index contributed by atoms with van der Waals surface area (Å²) in [7, 11) is 3.10. The molecule has 8 nitrogen and oxygen atoms in total. The second kappa shape index (κ2) is 15.4. The Labute approximate surface area is 311 Å². The zero-order chi connectivity index (χ0) is 37.1. The number of phenols is 2. The minimum atomic E-state index is -0.565. The highest BCUT2D eigenvalue weighted by atomic mass is 16.6. The van der Waals surface area contributed by atoms with E-state index in [2.05, 4.69) is 24.3 Å². The van der Waals surface area contributed by atoms with Crippen LogP contribution in [-0.2, 0) is 44.7 Å². The molecule has 0 bridgehead atoms. The summed E-state index contributed by atoms with van der Waals surface area (Å²) in [4.78, 5) is 26.6. The van der Waals surface area contributed by atoms with E-state index < -0.39 is 17.6 Å². The van der Waals surface area contributed by atoms with Gasteiger partial charge in [0.1, 0.15) is 12.2 Å². The molecular formula is C45H48O8. The van der Waals surface area contributed by atoms with E-state index in [-0.39, 0.29) is 47.6 Å². The summed E-state index contributed by atoms with van der Waals surface area (Å²) < 4.78 is 23.9. The summed E-state index contributed by atoms with van der Waals surface area (Å²) in [6.07, 6.45) is 7.72. The lowest BCUT2D eigenvalue weighted by atomic mass is 9.49. The number of allylic oxidation sites excluding steroid dienone is 1. The quantitative estimate of drug-likeness (QED) is 0.167. The number of hydrogen-bond acceptors (Lipinski definition) is 8. The van der Waals surface area contributed by atoms with Crippen LogP contribution in [0.2, 0.25) is 0 Å². The van der Waals surface area contributed by atoms with Gasteiger partial charge in [-0.3, -0.25) is 9.59 Å². The van der Waals surface area contributed by atoms with Crippen molar-refractivity contribution in [2.45, 2.75) is 76.4 Å². The van der Waals surface area contributed by atoms with Crippen LogP contribution in [0, 0.1) is 17.3 Å². The van der Waals surface area contributed by atoms with Crippen LogP contribution in [0.25, 0.3) is 6.08 Å². The summed E-state index contributed by atoms with van der Waals surface area (Å²) in [5, 5.41) is 21.9. The molecule has 8 heteroatoms. The molecule has 0 unspecified atom stereocenters. The van der Waals surface area contributed by atoms with E-state index in [1.165, 1.54) is 6.92 Å². The molecule has 4 aromatic rings. The van der Waals surface area contributed by atoms with Crippen molar-refractivity contribution in [2.75, 3.05) is 14.2 Å². The summed E-state index contributed by atoms with van der Waals surface area (Å²) in [6.45, 7) is 1.44. The smallest absolute Gasteiger partial charge is 0.306 e. The van der Waals surface area contributed by atoms with Gasteiger partial charge in [0.05, 0.1) is 14.2 Å². The first kappa shape index (κ1) is 36.1. The lowest BCUT2D eigenvalue weighted by molar-refractivity contribution is -0.164. The Bertz CT molecular complexity index is 1970. The number of benzene rings is 4. The number of fused-ring (bicyclic) bond motifs is 6. The second-order valence-corrected chi connectivity index (χ2v) is 14.8. The number of rotatable bonds is 9. The van der Waals surface area contributed by atoms with Crippen molar-refractivity contribution >= 4 is 18.0 Å². The van der Waals surface area contributed by atoms with E-state index in [0.717, 1.165) is 46.2 Å². The normalized spacial score (nSPS) is 24.7. The molecule has 7 rings (SSSR count). The van der Waals surface area contributed by atoms with Crippen LogP contribution in [0.5, 0.6) is 23.0 Å². The molecule has 0 spiro atoms. The van der Waals surface area contributed by atoms with Crippen LogP contribution in [0.1, 0.15) is 71.9 Å². The lowest BCUT2D eigenvalue weighted by Gasteiger charge is -2.56. The van der Waals surface area contributed by atoms with Crippen LogP contribution in [0.4, 0.5) is 0 Å². The molecule has 4 aromatic carbocycles. The lowest BCUT2D eigenvalue weighted by Crippen LogP contribution is -2.54. The van der Waals surface area contributed by atoms with E-state index in [0.29, 0.717) is 43.6 Å². The Balaban J connectivity index is 1.38. The van der Waals surface area contributed by atoms with Crippen LogP contribution in [0.3, 0.4) is 0 Å². The Morgan fingerprint density at radius 2 is 1.49 bits per heavy atom. The van der Waals surface area contributed by atoms with Crippen molar-refractivity contribution < 1.29 is 38.7 Å². The van der Waals surface area contributed by atoms with E-state index in [4.69, 9.17) is 18.9 Å². The van der Waals surface area contributed by atoms with Gasteiger partial charge >= 0.3 is 11.9 Å². The van der Waals surface area contributed by atoms with Gasteiger partial charge in [0.15, 0.2) is 23.0 Å². The van der Waals surface area contributed by atoms with Gasteiger partial charge < -0.3 is 29.2 Å². The van der Waals surface area contributed by atoms with E-state index in [1.807, 2.05) is 72.8 Å². The highest BCUT2D eigenvalue weighted by Gasteiger charge is 2.56. The molecule has 6 atom stereocenters. The molecule has 276 valence electrons. The minimum Gasteiger partial charge on any atom is -0.504 e. The molecule has 1 saturated carbocycles. The number of ether oxygens (including phenoxy) is 4. The first-order valence-corrected chi connectivity index (χ1v) is 18.6. The number of hydrogen-bond donors (Lipinski definition) is 2. The molecule has 3 aliphatic rings. The van der Waals surface area contributed by atoms with Crippen molar-refractivity contribution in [2.24, 2.45) is 17.3 Å². The third-order valence-electron chi connectivity index (χ3n) is 11.8. The van der Waals surface area contributed by atoms with Crippen LogP contribution in [0.15, 0.2) is 91.0 Å².